The lowest BCUT2D eigenvalue weighted by Gasteiger charge is -2.61. The summed E-state index contributed by atoms with van der Waals surface area (Å²) in [5, 5.41) is 6.68. The van der Waals surface area contributed by atoms with Crippen molar-refractivity contribution in [2.75, 3.05) is 6.54 Å². The van der Waals surface area contributed by atoms with E-state index >= 15 is 0 Å². The third-order valence-electron chi connectivity index (χ3n) is 6.05. The number of fused-ring (bicyclic) bond motifs is 1. The van der Waals surface area contributed by atoms with Crippen LogP contribution in [0.1, 0.15) is 51.5 Å². The molecule has 0 aromatic heterocycles. The molecule has 0 heterocycles. The van der Waals surface area contributed by atoms with Crippen molar-refractivity contribution in [1.82, 2.24) is 10.6 Å². The zero-order chi connectivity index (χ0) is 16.3. The van der Waals surface area contributed by atoms with Crippen LogP contribution in [0.15, 0.2) is 30.3 Å². The van der Waals surface area contributed by atoms with Crippen molar-refractivity contribution in [3.05, 3.63) is 35.9 Å². The van der Waals surface area contributed by atoms with Crippen LogP contribution in [0.5, 0.6) is 0 Å². The summed E-state index contributed by atoms with van der Waals surface area (Å²) < 4.78 is 0. The molecular formula is C20H30N2O. The van der Waals surface area contributed by atoms with E-state index in [0.717, 1.165) is 23.9 Å². The van der Waals surface area contributed by atoms with Gasteiger partial charge in [0.25, 0.3) is 0 Å². The van der Waals surface area contributed by atoms with Crippen LogP contribution in [-0.2, 0) is 11.3 Å². The smallest absolute Gasteiger partial charge is 0.221 e. The molecule has 0 spiro atoms. The molecule has 3 atom stereocenters. The molecule has 3 nitrogen and oxygen atoms in total. The van der Waals surface area contributed by atoms with Gasteiger partial charge in [0.05, 0.1) is 0 Å². The molecule has 1 amide bonds. The number of carbonyl (C=O) groups excluding carboxylic acids is 1. The van der Waals surface area contributed by atoms with Crippen molar-refractivity contribution in [1.29, 1.82) is 0 Å². The second-order valence-corrected chi connectivity index (χ2v) is 7.82. The Labute approximate surface area is 140 Å². The van der Waals surface area contributed by atoms with E-state index in [4.69, 9.17) is 0 Å². The molecule has 0 aliphatic heterocycles. The lowest BCUT2D eigenvalue weighted by atomic mass is 9.48. The van der Waals surface area contributed by atoms with Crippen molar-refractivity contribution in [3.63, 3.8) is 0 Å². The Kier molecular flexibility index (Phi) is 5.05. The predicted molar refractivity (Wildman–Crippen MR) is 93.9 cm³/mol. The highest BCUT2D eigenvalue weighted by atomic mass is 16.1. The van der Waals surface area contributed by atoms with Gasteiger partial charge in [0, 0.05) is 25.6 Å². The number of carbonyl (C=O) groups is 1. The Balaban J connectivity index is 1.38. The van der Waals surface area contributed by atoms with Crippen LogP contribution in [0.4, 0.5) is 0 Å². The minimum absolute atomic E-state index is 0.138. The molecule has 2 aliphatic carbocycles. The fraction of sp³-hybridized carbons (Fsp3) is 0.650. The molecule has 2 N–H and O–H groups in total. The fourth-order valence-electron chi connectivity index (χ4n) is 4.79. The van der Waals surface area contributed by atoms with Crippen LogP contribution < -0.4 is 10.6 Å². The SMILES string of the molecule is CC1(C)[C@H]2CCCC[C@H]2[C@@H]1NCCC(=O)NCc1ccccc1. The molecule has 0 radical (unpaired) electrons. The van der Waals surface area contributed by atoms with Crippen molar-refractivity contribution in [2.45, 2.75) is 58.5 Å². The maximum absolute atomic E-state index is 12.0. The highest BCUT2D eigenvalue weighted by Gasteiger charge is 2.55. The molecule has 23 heavy (non-hydrogen) atoms. The van der Waals surface area contributed by atoms with Gasteiger partial charge < -0.3 is 10.6 Å². The maximum Gasteiger partial charge on any atom is 0.221 e. The molecule has 2 fully saturated rings. The zero-order valence-corrected chi connectivity index (χ0v) is 14.5. The number of benzene rings is 1. The molecule has 3 rings (SSSR count). The summed E-state index contributed by atoms with van der Waals surface area (Å²) in [6.07, 6.45) is 6.11. The van der Waals surface area contributed by atoms with Crippen molar-refractivity contribution < 1.29 is 4.79 Å². The van der Waals surface area contributed by atoms with Crippen LogP contribution in [0.2, 0.25) is 0 Å². The standard InChI is InChI=1S/C20H30N2O/c1-20(2)17-11-7-6-10-16(17)19(20)21-13-12-18(23)22-14-15-8-4-3-5-9-15/h3-5,8-9,16-17,19,21H,6-7,10-14H2,1-2H3,(H,22,23)/t16-,17+,19+/m1/s1. The third-order valence-corrected chi connectivity index (χ3v) is 6.05. The van der Waals surface area contributed by atoms with E-state index in [1.165, 1.54) is 25.7 Å². The first-order valence-electron chi connectivity index (χ1n) is 9.13. The lowest BCUT2D eigenvalue weighted by molar-refractivity contribution is -0.121. The molecule has 0 unspecified atom stereocenters. The average molecular weight is 314 g/mol. The van der Waals surface area contributed by atoms with Crippen LogP contribution in [-0.4, -0.2) is 18.5 Å². The average Bonchev–Trinajstić information content (AvgIpc) is 2.57. The number of nitrogens with one attached hydrogen (secondary N) is 2. The summed E-state index contributed by atoms with van der Waals surface area (Å²) in [6.45, 7) is 6.20. The molecule has 126 valence electrons. The summed E-state index contributed by atoms with van der Waals surface area (Å²) in [6, 6.07) is 10.7. The Bertz CT molecular complexity index is 526. The third kappa shape index (κ3) is 3.60. The predicted octanol–water partition coefficient (Wildman–Crippen LogP) is 3.50. The van der Waals surface area contributed by atoms with Gasteiger partial charge in [0.15, 0.2) is 0 Å². The molecule has 2 aliphatic rings. The quantitative estimate of drug-likeness (QED) is 0.844. The molecular weight excluding hydrogens is 284 g/mol. The number of hydrogen-bond acceptors (Lipinski definition) is 2. The monoisotopic (exact) mass is 314 g/mol. The van der Waals surface area contributed by atoms with Gasteiger partial charge in [-0.3, -0.25) is 4.79 Å². The van der Waals surface area contributed by atoms with Crippen molar-refractivity contribution in [3.8, 4) is 0 Å². The minimum atomic E-state index is 0.138. The summed E-state index contributed by atoms with van der Waals surface area (Å²) in [4.78, 5) is 12.0. The number of rotatable bonds is 6. The Morgan fingerprint density at radius 2 is 1.91 bits per heavy atom. The van der Waals surface area contributed by atoms with E-state index in [1.54, 1.807) is 0 Å². The first-order chi connectivity index (χ1) is 11.1. The molecule has 1 aromatic rings. The summed E-state index contributed by atoms with van der Waals surface area (Å²) in [5.74, 6) is 1.87. The van der Waals surface area contributed by atoms with Gasteiger partial charge in [0.2, 0.25) is 5.91 Å². The van der Waals surface area contributed by atoms with Gasteiger partial charge in [-0.25, -0.2) is 0 Å². The lowest BCUT2D eigenvalue weighted by Crippen LogP contribution is -2.65. The second-order valence-electron chi connectivity index (χ2n) is 7.82. The van der Waals surface area contributed by atoms with Crippen LogP contribution in [0, 0.1) is 17.3 Å². The molecule has 1 aromatic carbocycles. The highest BCUT2D eigenvalue weighted by Crippen LogP contribution is 2.57. The fourth-order valence-corrected chi connectivity index (χ4v) is 4.79. The molecule has 3 heteroatoms. The van der Waals surface area contributed by atoms with Crippen LogP contribution in [0.3, 0.4) is 0 Å². The summed E-state index contributed by atoms with van der Waals surface area (Å²) in [7, 11) is 0. The minimum Gasteiger partial charge on any atom is -0.352 e. The van der Waals surface area contributed by atoms with Gasteiger partial charge in [-0.1, -0.05) is 57.0 Å². The van der Waals surface area contributed by atoms with E-state index in [1.807, 2.05) is 30.3 Å². The molecule has 2 saturated carbocycles. The largest absolute Gasteiger partial charge is 0.352 e. The first kappa shape index (κ1) is 16.5. The van der Waals surface area contributed by atoms with Crippen LogP contribution in [0.25, 0.3) is 0 Å². The molecule has 0 bridgehead atoms. The van der Waals surface area contributed by atoms with Gasteiger partial charge in [-0.2, -0.15) is 0 Å². The first-order valence-corrected chi connectivity index (χ1v) is 9.13. The van der Waals surface area contributed by atoms with Crippen LogP contribution >= 0.6 is 0 Å². The van der Waals surface area contributed by atoms with E-state index in [0.29, 0.717) is 24.4 Å². The normalized spacial score (nSPS) is 28.5. The number of hydrogen-bond donors (Lipinski definition) is 2. The Morgan fingerprint density at radius 3 is 2.70 bits per heavy atom. The molecule has 0 saturated heterocycles. The van der Waals surface area contributed by atoms with Gasteiger partial charge in [-0.05, 0) is 35.7 Å². The van der Waals surface area contributed by atoms with Gasteiger partial charge in [0.1, 0.15) is 0 Å². The number of amides is 1. The van der Waals surface area contributed by atoms with Crippen molar-refractivity contribution >= 4 is 5.91 Å². The summed E-state index contributed by atoms with van der Waals surface area (Å²) >= 11 is 0. The maximum atomic E-state index is 12.0. The zero-order valence-electron chi connectivity index (χ0n) is 14.5. The van der Waals surface area contributed by atoms with E-state index in [2.05, 4.69) is 24.5 Å². The Morgan fingerprint density at radius 1 is 1.17 bits per heavy atom. The highest BCUT2D eigenvalue weighted by molar-refractivity contribution is 5.76. The Hall–Kier alpha value is -1.35. The van der Waals surface area contributed by atoms with E-state index < -0.39 is 0 Å². The van der Waals surface area contributed by atoms with E-state index in [9.17, 15) is 4.79 Å². The van der Waals surface area contributed by atoms with Gasteiger partial charge >= 0.3 is 0 Å². The topological polar surface area (TPSA) is 41.1 Å². The summed E-state index contributed by atoms with van der Waals surface area (Å²) in [5.41, 5.74) is 1.55. The second kappa shape index (κ2) is 7.04. The van der Waals surface area contributed by atoms with Gasteiger partial charge in [-0.15, -0.1) is 0 Å². The van der Waals surface area contributed by atoms with Crippen molar-refractivity contribution in [2.24, 2.45) is 17.3 Å². The van der Waals surface area contributed by atoms with E-state index in [-0.39, 0.29) is 5.91 Å².